The Balaban J connectivity index is 1.92. The van der Waals surface area contributed by atoms with Crippen LogP contribution in [0.2, 0.25) is 0 Å². The highest BCUT2D eigenvalue weighted by Crippen LogP contribution is 2.26. The lowest BCUT2D eigenvalue weighted by Gasteiger charge is -2.05. The molecule has 0 saturated carbocycles. The summed E-state index contributed by atoms with van der Waals surface area (Å²) in [6.45, 7) is 0.849. The van der Waals surface area contributed by atoms with Gasteiger partial charge in [0.05, 0.1) is 6.20 Å². The molecule has 0 spiro atoms. The zero-order valence-electron chi connectivity index (χ0n) is 10.8. The molecule has 110 valence electrons. The van der Waals surface area contributed by atoms with Gasteiger partial charge in [-0.1, -0.05) is 0 Å². The van der Waals surface area contributed by atoms with Crippen LogP contribution in [0.1, 0.15) is 29.2 Å². The van der Waals surface area contributed by atoms with Gasteiger partial charge in [-0.3, -0.25) is 9.48 Å². The summed E-state index contributed by atoms with van der Waals surface area (Å²) >= 11 is 0. The van der Waals surface area contributed by atoms with Crippen molar-refractivity contribution < 1.29 is 13.2 Å². The maximum atomic E-state index is 12.6. The number of aromatic amines is 1. The maximum Gasteiger partial charge on any atom is 0.433 e. The summed E-state index contributed by atoms with van der Waals surface area (Å²) in [6.07, 6.45) is 1.86. The van der Waals surface area contributed by atoms with Crippen LogP contribution >= 0.6 is 0 Å². The number of hydrogen-bond donors (Lipinski definition) is 1. The predicted octanol–water partition coefficient (Wildman–Crippen LogP) is 2.10. The van der Waals surface area contributed by atoms with Crippen molar-refractivity contribution in [3.8, 4) is 0 Å². The van der Waals surface area contributed by atoms with Gasteiger partial charge in [-0.2, -0.15) is 18.3 Å². The molecular weight excluding hydrogens is 285 g/mol. The Bertz CT molecular complexity index is 758. The third-order valence-corrected chi connectivity index (χ3v) is 3.24. The summed E-state index contributed by atoms with van der Waals surface area (Å²) < 4.78 is 39.6. The van der Waals surface area contributed by atoms with Crippen molar-refractivity contribution in [2.24, 2.45) is 0 Å². The van der Waals surface area contributed by atoms with Crippen molar-refractivity contribution in [2.75, 3.05) is 0 Å². The summed E-state index contributed by atoms with van der Waals surface area (Å²) in [6, 6.07) is 0.439. The average Bonchev–Trinajstić information content (AvgIpc) is 2.97. The zero-order chi connectivity index (χ0) is 15.0. The SMILES string of the molecule is O=c1cc(C(F)(F)F)nc(C=Cc2cnn3c2CCC3)[nH]1. The number of aromatic nitrogens is 4. The van der Waals surface area contributed by atoms with Gasteiger partial charge in [-0.05, 0) is 25.0 Å². The third-order valence-electron chi connectivity index (χ3n) is 3.24. The van der Waals surface area contributed by atoms with Crippen LogP contribution in [-0.4, -0.2) is 19.7 Å². The fraction of sp³-hybridized carbons (Fsp3) is 0.308. The second kappa shape index (κ2) is 4.87. The van der Waals surface area contributed by atoms with Gasteiger partial charge in [0.15, 0.2) is 5.69 Å². The van der Waals surface area contributed by atoms with E-state index in [1.165, 1.54) is 6.08 Å². The van der Waals surface area contributed by atoms with E-state index in [1.54, 1.807) is 12.3 Å². The van der Waals surface area contributed by atoms with E-state index >= 15 is 0 Å². The van der Waals surface area contributed by atoms with E-state index in [0.29, 0.717) is 6.07 Å². The van der Waals surface area contributed by atoms with Crippen LogP contribution in [0, 0.1) is 0 Å². The lowest BCUT2D eigenvalue weighted by molar-refractivity contribution is -0.141. The van der Waals surface area contributed by atoms with Gasteiger partial charge < -0.3 is 4.98 Å². The number of aryl methyl sites for hydroxylation is 1. The van der Waals surface area contributed by atoms with Crippen LogP contribution in [0.4, 0.5) is 13.2 Å². The molecule has 0 fully saturated rings. The van der Waals surface area contributed by atoms with Gasteiger partial charge in [0.2, 0.25) is 0 Å². The first-order valence-electron chi connectivity index (χ1n) is 6.35. The van der Waals surface area contributed by atoms with Gasteiger partial charge in [-0.25, -0.2) is 4.98 Å². The predicted molar refractivity (Wildman–Crippen MR) is 69.3 cm³/mol. The second-order valence-electron chi connectivity index (χ2n) is 4.72. The highest BCUT2D eigenvalue weighted by Gasteiger charge is 2.33. The van der Waals surface area contributed by atoms with E-state index in [-0.39, 0.29) is 5.82 Å². The number of H-pyrrole nitrogens is 1. The molecule has 2 aromatic heterocycles. The molecule has 0 saturated heterocycles. The first-order valence-corrected chi connectivity index (χ1v) is 6.35. The normalized spacial score (nSPS) is 14.8. The Kier molecular flexibility index (Phi) is 3.15. The zero-order valence-corrected chi connectivity index (χ0v) is 10.8. The van der Waals surface area contributed by atoms with E-state index in [1.807, 2.05) is 4.68 Å². The van der Waals surface area contributed by atoms with Gasteiger partial charge in [0.1, 0.15) is 5.82 Å². The summed E-state index contributed by atoms with van der Waals surface area (Å²) in [5, 5.41) is 4.18. The number of nitrogens with zero attached hydrogens (tertiary/aromatic N) is 3. The minimum atomic E-state index is -4.64. The molecule has 0 aliphatic carbocycles. The lowest BCUT2D eigenvalue weighted by atomic mass is 10.2. The fourth-order valence-corrected chi connectivity index (χ4v) is 2.30. The molecule has 5 nitrogen and oxygen atoms in total. The monoisotopic (exact) mass is 296 g/mol. The van der Waals surface area contributed by atoms with Crippen molar-refractivity contribution in [2.45, 2.75) is 25.6 Å². The van der Waals surface area contributed by atoms with E-state index in [9.17, 15) is 18.0 Å². The molecule has 1 N–H and O–H groups in total. The Morgan fingerprint density at radius 2 is 2.14 bits per heavy atom. The largest absolute Gasteiger partial charge is 0.433 e. The summed E-state index contributed by atoms with van der Waals surface area (Å²) in [7, 11) is 0. The van der Waals surface area contributed by atoms with E-state index in [4.69, 9.17) is 0 Å². The first kappa shape index (κ1) is 13.6. The highest BCUT2D eigenvalue weighted by molar-refractivity contribution is 5.67. The molecule has 8 heteroatoms. The van der Waals surface area contributed by atoms with Crippen LogP contribution in [0.25, 0.3) is 12.2 Å². The Labute approximate surface area is 117 Å². The molecule has 1 aliphatic rings. The number of halogens is 3. The van der Waals surface area contributed by atoms with Crippen LogP contribution in [0.15, 0.2) is 17.1 Å². The summed E-state index contributed by atoms with van der Waals surface area (Å²) in [4.78, 5) is 16.9. The third kappa shape index (κ3) is 2.74. The Morgan fingerprint density at radius 1 is 1.33 bits per heavy atom. The maximum absolute atomic E-state index is 12.6. The van der Waals surface area contributed by atoms with Crippen molar-refractivity contribution in [1.29, 1.82) is 0 Å². The number of rotatable bonds is 2. The van der Waals surface area contributed by atoms with Crippen molar-refractivity contribution in [3.05, 3.63) is 45.4 Å². The molecule has 0 unspecified atom stereocenters. The Morgan fingerprint density at radius 3 is 2.90 bits per heavy atom. The molecule has 1 aliphatic heterocycles. The summed E-state index contributed by atoms with van der Waals surface area (Å²) in [5.41, 5.74) is -0.170. The standard InChI is InChI=1S/C13H11F3N4O/c14-13(15,16)10-6-12(21)19-11(18-10)4-3-8-7-17-20-5-1-2-9(8)20/h3-4,6-7H,1-2,5H2,(H,18,19,21). The molecule has 0 bridgehead atoms. The smallest absolute Gasteiger partial charge is 0.307 e. The van der Waals surface area contributed by atoms with Crippen molar-refractivity contribution in [1.82, 2.24) is 19.7 Å². The van der Waals surface area contributed by atoms with Gasteiger partial charge in [0, 0.05) is 23.9 Å². The molecule has 0 amide bonds. The van der Waals surface area contributed by atoms with Crippen molar-refractivity contribution >= 4 is 12.2 Å². The summed E-state index contributed by atoms with van der Waals surface area (Å²) in [5.74, 6) is -0.132. The fourth-order valence-electron chi connectivity index (χ4n) is 2.30. The molecule has 3 rings (SSSR count). The Hall–Kier alpha value is -2.38. The quantitative estimate of drug-likeness (QED) is 0.923. The molecule has 3 heterocycles. The molecular formula is C13H11F3N4O. The topological polar surface area (TPSA) is 63.6 Å². The molecule has 0 radical (unpaired) electrons. The van der Waals surface area contributed by atoms with Gasteiger partial charge in [-0.15, -0.1) is 0 Å². The molecule has 0 aromatic carbocycles. The van der Waals surface area contributed by atoms with Crippen molar-refractivity contribution in [3.63, 3.8) is 0 Å². The molecule has 0 atom stereocenters. The second-order valence-corrected chi connectivity index (χ2v) is 4.72. The number of alkyl halides is 3. The molecule has 21 heavy (non-hydrogen) atoms. The number of nitrogens with one attached hydrogen (secondary N) is 1. The van der Waals surface area contributed by atoms with Gasteiger partial charge >= 0.3 is 6.18 Å². The average molecular weight is 296 g/mol. The minimum Gasteiger partial charge on any atom is -0.307 e. The minimum absolute atomic E-state index is 0.132. The van der Waals surface area contributed by atoms with E-state index in [2.05, 4.69) is 15.1 Å². The number of fused-ring (bicyclic) bond motifs is 1. The van der Waals surface area contributed by atoms with E-state index in [0.717, 1.165) is 30.6 Å². The number of hydrogen-bond acceptors (Lipinski definition) is 3. The highest BCUT2D eigenvalue weighted by atomic mass is 19.4. The van der Waals surface area contributed by atoms with Crippen LogP contribution < -0.4 is 5.56 Å². The lowest BCUT2D eigenvalue weighted by Crippen LogP contribution is -2.17. The van der Waals surface area contributed by atoms with E-state index < -0.39 is 17.4 Å². The van der Waals surface area contributed by atoms with Crippen LogP contribution in [0.3, 0.4) is 0 Å². The van der Waals surface area contributed by atoms with Crippen LogP contribution in [-0.2, 0) is 19.1 Å². The van der Waals surface area contributed by atoms with Crippen LogP contribution in [0.5, 0.6) is 0 Å². The first-order chi connectivity index (χ1) is 9.93. The van der Waals surface area contributed by atoms with Gasteiger partial charge in [0.25, 0.3) is 5.56 Å². The molecule has 2 aromatic rings.